The zero-order valence-corrected chi connectivity index (χ0v) is 29.0. The first-order valence-electron chi connectivity index (χ1n) is 13.8. The largest absolute Gasteiger partial charge is 0.507 e. The minimum Gasteiger partial charge on any atom is -0.507 e. The molecule has 48 heavy (non-hydrogen) atoms. The van der Waals surface area contributed by atoms with E-state index < -0.39 is 77.4 Å². The third kappa shape index (κ3) is 10.7. The number of aryl methyl sites for hydroxylation is 1. The van der Waals surface area contributed by atoms with E-state index in [1.807, 2.05) is 0 Å². The van der Waals surface area contributed by atoms with E-state index in [-0.39, 0.29) is 86.4 Å². The van der Waals surface area contributed by atoms with Crippen LogP contribution in [0.15, 0.2) is 70.2 Å². The zero-order chi connectivity index (χ0) is 35.2. The summed E-state index contributed by atoms with van der Waals surface area (Å²) in [5.41, 5.74) is 0.904. The summed E-state index contributed by atoms with van der Waals surface area (Å²) >= 11 is 0. The monoisotopic (exact) mass is 695 g/mol. The molecule has 1 aliphatic carbocycles. The second-order valence-electron chi connectivity index (χ2n) is 10.8. The van der Waals surface area contributed by atoms with Crippen molar-refractivity contribution in [2.45, 2.75) is 25.3 Å². The molecule has 0 atom stereocenters. The van der Waals surface area contributed by atoms with Crippen molar-refractivity contribution in [1.82, 2.24) is 9.80 Å². The number of phenolic OH excluding ortho intramolecular Hbond substituents is 1. The summed E-state index contributed by atoms with van der Waals surface area (Å²) in [5.74, 6) is -6.15. The molecule has 0 fully saturated rings. The maximum absolute atomic E-state index is 13.2. The maximum Gasteiger partial charge on any atom is 0.317 e. The second kappa shape index (κ2) is 16.8. The molecule has 0 spiro atoms. The van der Waals surface area contributed by atoms with Crippen molar-refractivity contribution < 1.29 is 62.5 Å². The summed E-state index contributed by atoms with van der Waals surface area (Å²) in [6.07, 6.45) is 2.76. The SMILES string of the molecule is CC1=C/C(=C(\c2cc(C)c(O)c(CN(CC(=O)O)CC(=O)O)c2)c2ccccc2S(=O)(=O)O)C=C(CN(CC(=O)O)CC(=O)O)C1=O.[Na]. The van der Waals surface area contributed by atoms with Crippen molar-refractivity contribution in [3.8, 4) is 5.75 Å². The summed E-state index contributed by atoms with van der Waals surface area (Å²) in [4.78, 5) is 60.4. The van der Waals surface area contributed by atoms with Gasteiger partial charge in [0, 0.05) is 59.3 Å². The minimum absolute atomic E-state index is 0. The van der Waals surface area contributed by atoms with Crippen LogP contribution in [0.2, 0.25) is 0 Å². The Kier molecular flexibility index (Phi) is 14.0. The molecule has 1 aliphatic rings. The number of aliphatic carboxylic acids is 4. The van der Waals surface area contributed by atoms with Crippen LogP contribution in [0, 0.1) is 6.92 Å². The third-order valence-electron chi connectivity index (χ3n) is 6.97. The number of ketones is 1. The van der Waals surface area contributed by atoms with Gasteiger partial charge in [-0.25, -0.2) is 0 Å². The molecule has 6 N–H and O–H groups in total. The van der Waals surface area contributed by atoms with E-state index in [1.165, 1.54) is 56.3 Å². The zero-order valence-electron chi connectivity index (χ0n) is 26.2. The summed E-state index contributed by atoms with van der Waals surface area (Å²) in [6, 6.07) is 8.21. The van der Waals surface area contributed by atoms with Gasteiger partial charge in [-0.3, -0.25) is 38.3 Å². The van der Waals surface area contributed by atoms with Crippen molar-refractivity contribution in [3.63, 3.8) is 0 Å². The van der Waals surface area contributed by atoms with Crippen LogP contribution in [0.5, 0.6) is 5.75 Å². The smallest absolute Gasteiger partial charge is 0.317 e. The van der Waals surface area contributed by atoms with E-state index in [4.69, 9.17) is 0 Å². The van der Waals surface area contributed by atoms with Gasteiger partial charge in [0.1, 0.15) is 10.6 Å². The number of allylic oxidation sites excluding steroid dienone is 4. The Morgan fingerprint density at radius 2 is 1.27 bits per heavy atom. The standard InChI is InChI=1S/C31H32N2O13S.Na/c1-17-7-19(9-21(30(17)42)11-32(13-25(34)35)14-26(36)37)29(23-5-3-4-6-24(23)47(44,45)46)20-8-18(2)31(43)22(10-20)12-33(15-27(38)39)16-28(40)41;/h3-10,42H,11-16H2,1-2H3,(H,34,35)(H,36,37)(H,38,39)(H,40,41)(H,44,45,46);/b29-20-;. The van der Waals surface area contributed by atoms with Crippen LogP contribution in [0.25, 0.3) is 5.57 Å². The maximum atomic E-state index is 13.2. The van der Waals surface area contributed by atoms with Crippen LogP contribution >= 0.6 is 0 Å². The van der Waals surface area contributed by atoms with E-state index in [0.717, 1.165) is 15.9 Å². The number of aromatic hydroxyl groups is 1. The Hall–Kier alpha value is -4.16. The average molecular weight is 696 g/mol. The van der Waals surface area contributed by atoms with E-state index in [0.29, 0.717) is 0 Å². The number of hydrogen-bond donors (Lipinski definition) is 6. The van der Waals surface area contributed by atoms with Gasteiger partial charge >= 0.3 is 23.9 Å². The third-order valence-corrected chi connectivity index (χ3v) is 7.88. The molecule has 2 aromatic rings. The van der Waals surface area contributed by atoms with Gasteiger partial charge < -0.3 is 25.5 Å². The van der Waals surface area contributed by atoms with E-state index in [1.54, 1.807) is 0 Å². The first kappa shape index (κ1) is 40.0. The molecular formula is C31H32N2NaO13S. The number of hydrogen-bond acceptors (Lipinski definition) is 10. The first-order chi connectivity index (χ1) is 21.9. The van der Waals surface area contributed by atoms with Crippen LogP contribution < -0.4 is 0 Å². The van der Waals surface area contributed by atoms with Crippen molar-refractivity contribution in [2.75, 3.05) is 32.7 Å². The Labute approximate surface area is 297 Å². The number of benzene rings is 2. The Bertz CT molecular complexity index is 1820. The molecule has 0 heterocycles. The molecule has 1 radical (unpaired) electrons. The number of carboxylic acids is 4. The van der Waals surface area contributed by atoms with Crippen LogP contribution in [-0.2, 0) is 40.6 Å². The molecule has 0 saturated heterocycles. The van der Waals surface area contributed by atoms with Crippen LogP contribution in [0.4, 0.5) is 0 Å². The molecule has 0 unspecified atom stereocenters. The number of carbonyl (C=O) groups excluding carboxylic acids is 1. The van der Waals surface area contributed by atoms with E-state index in [9.17, 15) is 62.5 Å². The van der Waals surface area contributed by atoms with Gasteiger partial charge in [-0.15, -0.1) is 0 Å². The molecule has 0 amide bonds. The molecule has 0 aliphatic heterocycles. The van der Waals surface area contributed by atoms with Gasteiger partial charge in [-0.05, 0) is 72.0 Å². The minimum atomic E-state index is -4.85. The van der Waals surface area contributed by atoms with E-state index >= 15 is 0 Å². The normalized spacial score (nSPS) is 14.2. The number of carbonyl (C=O) groups is 5. The van der Waals surface area contributed by atoms with Crippen molar-refractivity contribution >= 4 is 74.9 Å². The summed E-state index contributed by atoms with van der Waals surface area (Å²) in [7, 11) is -4.85. The second-order valence-corrected chi connectivity index (χ2v) is 12.2. The topological polar surface area (TPSA) is 247 Å². The number of Topliss-reactive ketones (excluding diaryl/α,β-unsaturated/α-hetero) is 1. The number of phenols is 1. The number of nitrogens with zero attached hydrogens (tertiary/aromatic N) is 2. The first-order valence-corrected chi connectivity index (χ1v) is 15.2. The molecule has 0 aromatic heterocycles. The van der Waals surface area contributed by atoms with E-state index in [2.05, 4.69) is 0 Å². The Morgan fingerprint density at radius 3 is 1.77 bits per heavy atom. The number of carboxylic acid groups (broad SMARTS) is 4. The predicted octanol–water partition coefficient (Wildman–Crippen LogP) is 1.27. The van der Waals surface area contributed by atoms with Crippen molar-refractivity contribution in [3.05, 3.63) is 87.5 Å². The molecular weight excluding hydrogens is 663 g/mol. The number of rotatable bonds is 15. The molecule has 15 nitrogen and oxygen atoms in total. The van der Waals surface area contributed by atoms with Crippen LogP contribution in [-0.4, -0.2) is 140 Å². The fourth-order valence-electron chi connectivity index (χ4n) is 5.18. The quantitative estimate of drug-likeness (QED) is 0.113. The van der Waals surface area contributed by atoms with Crippen LogP contribution in [0.1, 0.15) is 29.2 Å². The Balaban J connectivity index is 0.00000800. The molecule has 17 heteroatoms. The van der Waals surface area contributed by atoms with Gasteiger partial charge in [-0.1, -0.05) is 18.2 Å². The molecule has 0 saturated carbocycles. The molecule has 251 valence electrons. The van der Waals surface area contributed by atoms with Gasteiger partial charge in [0.05, 0.1) is 26.2 Å². The van der Waals surface area contributed by atoms with Gasteiger partial charge in [0.15, 0.2) is 5.78 Å². The van der Waals surface area contributed by atoms with Crippen molar-refractivity contribution in [1.29, 1.82) is 0 Å². The summed E-state index contributed by atoms with van der Waals surface area (Å²) < 4.78 is 35.2. The molecule has 0 bridgehead atoms. The average Bonchev–Trinajstić information content (AvgIpc) is 2.92. The van der Waals surface area contributed by atoms with Gasteiger partial charge in [0.2, 0.25) is 0 Å². The predicted molar refractivity (Wildman–Crippen MR) is 170 cm³/mol. The van der Waals surface area contributed by atoms with Gasteiger partial charge in [0.25, 0.3) is 10.1 Å². The van der Waals surface area contributed by atoms with Gasteiger partial charge in [-0.2, -0.15) is 8.42 Å². The fraction of sp³-hybridized carbons (Fsp3) is 0.258. The fourth-order valence-corrected chi connectivity index (χ4v) is 5.88. The van der Waals surface area contributed by atoms with Crippen LogP contribution in [0.3, 0.4) is 0 Å². The van der Waals surface area contributed by atoms with Crippen molar-refractivity contribution in [2.24, 2.45) is 0 Å². The summed E-state index contributed by atoms with van der Waals surface area (Å²) in [6.45, 7) is -0.596. The summed E-state index contributed by atoms with van der Waals surface area (Å²) in [5, 5.41) is 48.1. The Morgan fingerprint density at radius 1 is 0.771 bits per heavy atom. The molecule has 2 aromatic carbocycles. The molecule has 3 rings (SSSR count).